The van der Waals surface area contributed by atoms with Crippen LogP contribution in [0.25, 0.3) is 0 Å². The van der Waals surface area contributed by atoms with Crippen molar-refractivity contribution in [2.45, 2.75) is 6.42 Å². The third-order valence-electron chi connectivity index (χ3n) is 2.22. The maximum Gasteiger partial charge on any atom is 0.163 e. The van der Waals surface area contributed by atoms with Crippen molar-refractivity contribution in [2.75, 3.05) is 25.5 Å². The predicted octanol–water partition coefficient (Wildman–Crippen LogP) is 0.541. The zero-order chi connectivity index (χ0) is 9.97. The number of rotatable bonds is 2. The maximum absolute atomic E-state index is 5.84. The Kier molecular flexibility index (Phi) is 2.45. The molecule has 0 unspecified atom stereocenters. The van der Waals surface area contributed by atoms with E-state index in [1.807, 2.05) is 6.07 Å². The molecule has 0 saturated carbocycles. The summed E-state index contributed by atoms with van der Waals surface area (Å²) in [5.74, 6) is 1.50. The Morgan fingerprint density at radius 2 is 1.79 bits per heavy atom. The molecule has 2 rings (SSSR count). The van der Waals surface area contributed by atoms with E-state index in [0.717, 1.165) is 29.2 Å². The zero-order valence-corrected chi connectivity index (χ0v) is 7.95. The van der Waals surface area contributed by atoms with E-state index in [4.69, 9.17) is 20.9 Å². The van der Waals surface area contributed by atoms with Crippen LogP contribution in [0.2, 0.25) is 0 Å². The molecule has 1 aromatic rings. The summed E-state index contributed by atoms with van der Waals surface area (Å²) >= 11 is 0. The Bertz CT molecular complexity index is 339. The van der Waals surface area contributed by atoms with Crippen molar-refractivity contribution in [2.24, 2.45) is 5.73 Å². The molecule has 14 heavy (non-hydrogen) atoms. The van der Waals surface area contributed by atoms with E-state index in [2.05, 4.69) is 0 Å². The van der Waals surface area contributed by atoms with Crippen LogP contribution >= 0.6 is 0 Å². The Balaban J connectivity index is 2.35. The molecule has 4 heteroatoms. The highest BCUT2D eigenvalue weighted by molar-refractivity contribution is 5.58. The Morgan fingerprint density at radius 1 is 1.14 bits per heavy atom. The topological polar surface area (TPSA) is 70.5 Å². The zero-order valence-electron chi connectivity index (χ0n) is 7.95. The smallest absolute Gasteiger partial charge is 0.163 e. The molecule has 1 heterocycles. The molecular formula is C10H14N2O2. The number of hydrogen-bond acceptors (Lipinski definition) is 4. The van der Waals surface area contributed by atoms with Gasteiger partial charge in [-0.1, -0.05) is 0 Å². The van der Waals surface area contributed by atoms with Gasteiger partial charge in [-0.15, -0.1) is 0 Å². The van der Waals surface area contributed by atoms with Gasteiger partial charge in [0.25, 0.3) is 0 Å². The quantitative estimate of drug-likeness (QED) is 0.674. The second-order valence-electron chi connectivity index (χ2n) is 3.23. The molecule has 1 aromatic carbocycles. The first kappa shape index (κ1) is 9.15. The van der Waals surface area contributed by atoms with E-state index in [0.29, 0.717) is 19.8 Å². The minimum absolute atomic E-state index is 0.586. The summed E-state index contributed by atoms with van der Waals surface area (Å²) in [5, 5.41) is 0. The molecule has 0 bridgehead atoms. The molecule has 4 nitrogen and oxygen atoms in total. The fraction of sp³-hybridized carbons (Fsp3) is 0.400. The molecule has 0 aliphatic carbocycles. The van der Waals surface area contributed by atoms with Crippen LogP contribution < -0.4 is 20.9 Å². The van der Waals surface area contributed by atoms with Crippen molar-refractivity contribution in [1.29, 1.82) is 0 Å². The van der Waals surface area contributed by atoms with E-state index in [1.54, 1.807) is 6.07 Å². The minimum atomic E-state index is 0.586. The molecule has 0 fully saturated rings. The first-order chi connectivity index (χ1) is 6.81. The number of ether oxygens (including phenoxy) is 2. The Hall–Kier alpha value is -1.42. The fourth-order valence-electron chi connectivity index (χ4n) is 1.52. The number of benzene rings is 1. The molecule has 0 saturated heterocycles. The second-order valence-corrected chi connectivity index (χ2v) is 3.23. The number of anilines is 1. The van der Waals surface area contributed by atoms with Crippen molar-refractivity contribution in [3.05, 3.63) is 17.7 Å². The average molecular weight is 194 g/mol. The Labute approximate surface area is 82.8 Å². The number of nitrogens with two attached hydrogens (primary N) is 2. The molecule has 76 valence electrons. The molecular weight excluding hydrogens is 180 g/mol. The Morgan fingerprint density at radius 3 is 2.43 bits per heavy atom. The van der Waals surface area contributed by atoms with Crippen LogP contribution in [0, 0.1) is 0 Å². The van der Waals surface area contributed by atoms with Gasteiger partial charge in [0.15, 0.2) is 11.5 Å². The molecule has 0 amide bonds. The fourth-order valence-corrected chi connectivity index (χ4v) is 1.52. The van der Waals surface area contributed by atoms with Crippen molar-refractivity contribution >= 4 is 5.69 Å². The predicted molar refractivity (Wildman–Crippen MR) is 54.6 cm³/mol. The molecule has 0 aromatic heterocycles. The second kappa shape index (κ2) is 3.75. The van der Waals surface area contributed by atoms with Crippen LogP contribution in [0.1, 0.15) is 5.56 Å². The van der Waals surface area contributed by atoms with E-state index in [9.17, 15) is 0 Å². The summed E-state index contributed by atoms with van der Waals surface area (Å²) in [6.45, 7) is 1.77. The lowest BCUT2D eigenvalue weighted by molar-refractivity contribution is 0.171. The van der Waals surface area contributed by atoms with Crippen LogP contribution in [-0.4, -0.2) is 19.8 Å². The van der Waals surface area contributed by atoms with Gasteiger partial charge in [-0.05, 0) is 24.6 Å². The van der Waals surface area contributed by atoms with Gasteiger partial charge in [-0.2, -0.15) is 0 Å². The summed E-state index contributed by atoms with van der Waals surface area (Å²) < 4.78 is 10.8. The van der Waals surface area contributed by atoms with E-state index in [-0.39, 0.29) is 0 Å². The van der Waals surface area contributed by atoms with Crippen LogP contribution in [0.5, 0.6) is 11.5 Å². The molecule has 0 atom stereocenters. The summed E-state index contributed by atoms with van der Waals surface area (Å²) in [6.07, 6.45) is 0.766. The van der Waals surface area contributed by atoms with Crippen molar-refractivity contribution in [1.82, 2.24) is 0 Å². The summed E-state index contributed by atoms with van der Waals surface area (Å²) in [6, 6.07) is 3.72. The largest absolute Gasteiger partial charge is 0.486 e. The van der Waals surface area contributed by atoms with E-state index in [1.165, 1.54) is 0 Å². The van der Waals surface area contributed by atoms with Gasteiger partial charge in [-0.3, -0.25) is 0 Å². The minimum Gasteiger partial charge on any atom is -0.486 e. The van der Waals surface area contributed by atoms with E-state index >= 15 is 0 Å². The lowest BCUT2D eigenvalue weighted by atomic mass is 10.1. The van der Waals surface area contributed by atoms with Gasteiger partial charge in [-0.25, -0.2) is 0 Å². The average Bonchev–Trinajstić information content (AvgIpc) is 2.19. The summed E-state index contributed by atoms with van der Waals surface area (Å²) in [4.78, 5) is 0. The molecule has 0 spiro atoms. The van der Waals surface area contributed by atoms with Gasteiger partial charge in [0, 0.05) is 11.8 Å². The van der Waals surface area contributed by atoms with Gasteiger partial charge >= 0.3 is 0 Å². The highest BCUT2D eigenvalue weighted by Gasteiger charge is 2.13. The van der Waals surface area contributed by atoms with Gasteiger partial charge in [0.05, 0.1) is 0 Å². The van der Waals surface area contributed by atoms with Crippen molar-refractivity contribution < 1.29 is 9.47 Å². The number of hydrogen-bond donors (Lipinski definition) is 2. The normalized spacial score (nSPS) is 14.1. The molecule has 1 aliphatic heterocycles. The first-order valence-corrected chi connectivity index (χ1v) is 4.69. The lowest BCUT2D eigenvalue weighted by Crippen LogP contribution is -2.16. The molecule has 1 aliphatic rings. The third kappa shape index (κ3) is 1.61. The van der Waals surface area contributed by atoms with E-state index < -0.39 is 0 Å². The van der Waals surface area contributed by atoms with Crippen LogP contribution in [0.15, 0.2) is 12.1 Å². The number of nitrogen functional groups attached to an aromatic ring is 1. The highest BCUT2D eigenvalue weighted by Crippen LogP contribution is 2.34. The number of fused-ring (bicyclic) bond motifs is 1. The standard InChI is InChI=1S/C10H14N2O2/c11-2-1-7-5-9-10(6-8(7)12)14-4-3-13-9/h5-6H,1-4,11-12H2. The van der Waals surface area contributed by atoms with Gasteiger partial charge in [0.2, 0.25) is 0 Å². The van der Waals surface area contributed by atoms with Gasteiger partial charge in [0.1, 0.15) is 13.2 Å². The first-order valence-electron chi connectivity index (χ1n) is 4.69. The molecule has 0 radical (unpaired) electrons. The SMILES string of the molecule is NCCc1cc2c(cc1N)OCCO2. The monoisotopic (exact) mass is 194 g/mol. The lowest BCUT2D eigenvalue weighted by Gasteiger charge is -2.20. The highest BCUT2D eigenvalue weighted by atomic mass is 16.6. The third-order valence-corrected chi connectivity index (χ3v) is 2.22. The van der Waals surface area contributed by atoms with Crippen molar-refractivity contribution in [3.63, 3.8) is 0 Å². The molecule has 4 N–H and O–H groups in total. The summed E-state index contributed by atoms with van der Waals surface area (Å²) in [7, 11) is 0. The van der Waals surface area contributed by atoms with Crippen LogP contribution in [0.4, 0.5) is 5.69 Å². The van der Waals surface area contributed by atoms with Crippen molar-refractivity contribution in [3.8, 4) is 11.5 Å². The maximum atomic E-state index is 5.84. The summed E-state index contributed by atoms with van der Waals surface area (Å²) in [5.41, 5.74) is 13.1. The van der Waals surface area contributed by atoms with Gasteiger partial charge < -0.3 is 20.9 Å². The van der Waals surface area contributed by atoms with Crippen LogP contribution in [-0.2, 0) is 6.42 Å². The van der Waals surface area contributed by atoms with Crippen LogP contribution in [0.3, 0.4) is 0 Å².